The summed E-state index contributed by atoms with van der Waals surface area (Å²) in [6.45, 7) is 8.47. The lowest BCUT2D eigenvalue weighted by molar-refractivity contribution is 0.0880. The van der Waals surface area contributed by atoms with Gasteiger partial charge in [-0.1, -0.05) is 13.8 Å². The van der Waals surface area contributed by atoms with E-state index in [0.29, 0.717) is 11.5 Å². The number of nitrogens with one attached hydrogen (secondary N) is 1. The molecule has 2 fully saturated rings. The van der Waals surface area contributed by atoms with Crippen LogP contribution in [0.25, 0.3) is 0 Å². The van der Waals surface area contributed by atoms with Crippen molar-refractivity contribution < 1.29 is 5.11 Å². The van der Waals surface area contributed by atoms with Crippen molar-refractivity contribution in [2.24, 2.45) is 11.3 Å². The fourth-order valence-corrected chi connectivity index (χ4v) is 3.64. The van der Waals surface area contributed by atoms with E-state index in [1.54, 1.807) is 0 Å². The third-order valence-corrected chi connectivity index (χ3v) is 5.27. The number of piperidine rings is 1. The highest BCUT2D eigenvalue weighted by atomic mass is 16.3. The zero-order valence-electron chi connectivity index (χ0n) is 13.0. The summed E-state index contributed by atoms with van der Waals surface area (Å²) in [7, 11) is 2.25. The largest absolute Gasteiger partial charge is 0.393 e. The number of aliphatic hydroxyl groups excluding tert-OH is 1. The molecule has 1 heterocycles. The Balaban J connectivity index is 1.76. The van der Waals surface area contributed by atoms with Crippen molar-refractivity contribution in [3.8, 4) is 0 Å². The van der Waals surface area contributed by atoms with Gasteiger partial charge in [0.25, 0.3) is 0 Å². The molecule has 1 saturated carbocycles. The highest BCUT2D eigenvalue weighted by molar-refractivity contribution is 4.87. The van der Waals surface area contributed by atoms with Gasteiger partial charge in [-0.15, -0.1) is 0 Å². The lowest BCUT2D eigenvalue weighted by atomic mass is 9.74. The van der Waals surface area contributed by atoms with Gasteiger partial charge in [-0.2, -0.15) is 0 Å². The number of likely N-dealkylation sites (tertiary alicyclic amines) is 1. The first-order chi connectivity index (χ1) is 8.97. The fourth-order valence-electron chi connectivity index (χ4n) is 3.64. The minimum Gasteiger partial charge on any atom is -0.393 e. The van der Waals surface area contributed by atoms with E-state index in [0.717, 1.165) is 38.1 Å². The molecule has 0 radical (unpaired) electrons. The van der Waals surface area contributed by atoms with Gasteiger partial charge in [-0.25, -0.2) is 0 Å². The zero-order chi connectivity index (χ0) is 13.9. The highest BCUT2D eigenvalue weighted by Gasteiger charge is 2.32. The second-order valence-corrected chi connectivity index (χ2v) is 7.48. The van der Waals surface area contributed by atoms with Crippen LogP contribution in [0.2, 0.25) is 0 Å². The van der Waals surface area contributed by atoms with Crippen LogP contribution in [0.1, 0.15) is 52.4 Å². The molecule has 0 amide bonds. The summed E-state index contributed by atoms with van der Waals surface area (Å²) in [4.78, 5) is 2.48. The molecule has 2 aliphatic rings. The highest BCUT2D eigenvalue weighted by Crippen LogP contribution is 2.33. The molecule has 1 atom stereocenters. The molecule has 3 nitrogen and oxygen atoms in total. The standard InChI is InChI=1S/C16H32N2O/c1-16(2,13-5-4-10-18(3)11-13)12-17-14-6-8-15(19)9-7-14/h13-15,17,19H,4-12H2,1-3H3. The van der Waals surface area contributed by atoms with Crippen molar-refractivity contribution in [1.82, 2.24) is 10.2 Å². The van der Waals surface area contributed by atoms with Crippen LogP contribution >= 0.6 is 0 Å². The van der Waals surface area contributed by atoms with Crippen LogP contribution in [-0.2, 0) is 0 Å². The van der Waals surface area contributed by atoms with Crippen LogP contribution in [-0.4, -0.2) is 48.8 Å². The van der Waals surface area contributed by atoms with Gasteiger partial charge in [0, 0.05) is 19.1 Å². The average Bonchev–Trinajstić information content (AvgIpc) is 2.38. The Morgan fingerprint density at radius 1 is 1.16 bits per heavy atom. The van der Waals surface area contributed by atoms with Crippen LogP contribution in [0.15, 0.2) is 0 Å². The van der Waals surface area contributed by atoms with E-state index >= 15 is 0 Å². The predicted molar refractivity (Wildman–Crippen MR) is 80.3 cm³/mol. The third-order valence-electron chi connectivity index (χ3n) is 5.27. The van der Waals surface area contributed by atoms with Gasteiger partial charge in [0.2, 0.25) is 0 Å². The topological polar surface area (TPSA) is 35.5 Å². The molecule has 1 unspecified atom stereocenters. The summed E-state index contributed by atoms with van der Waals surface area (Å²) in [5, 5.41) is 13.3. The summed E-state index contributed by atoms with van der Waals surface area (Å²) in [5.74, 6) is 0.813. The summed E-state index contributed by atoms with van der Waals surface area (Å²) in [5.41, 5.74) is 0.380. The van der Waals surface area contributed by atoms with Crippen LogP contribution in [0.5, 0.6) is 0 Å². The van der Waals surface area contributed by atoms with Crippen molar-refractivity contribution >= 4 is 0 Å². The van der Waals surface area contributed by atoms with Crippen LogP contribution in [0.3, 0.4) is 0 Å². The van der Waals surface area contributed by atoms with E-state index in [4.69, 9.17) is 0 Å². The van der Waals surface area contributed by atoms with E-state index < -0.39 is 0 Å². The maximum absolute atomic E-state index is 9.55. The van der Waals surface area contributed by atoms with Gasteiger partial charge in [-0.3, -0.25) is 0 Å². The second kappa shape index (κ2) is 6.55. The number of hydrogen-bond donors (Lipinski definition) is 2. The minimum absolute atomic E-state index is 0.0435. The van der Waals surface area contributed by atoms with E-state index in [1.807, 2.05) is 0 Å². The molecular formula is C16H32N2O. The van der Waals surface area contributed by atoms with Crippen LogP contribution < -0.4 is 5.32 Å². The predicted octanol–water partition coefficient (Wildman–Crippen LogP) is 2.25. The molecule has 0 bridgehead atoms. The van der Waals surface area contributed by atoms with Crippen molar-refractivity contribution in [1.29, 1.82) is 0 Å². The molecule has 0 aromatic heterocycles. The van der Waals surface area contributed by atoms with Gasteiger partial charge in [0.1, 0.15) is 0 Å². The Labute approximate surface area is 118 Å². The lowest BCUT2D eigenvalue weighted by Gasteiger charge is -2.41. The van der Waals surface area contributed by atoms with Gasteiger partial charge >= 0.3 is 0 Å². The van der Waals surface area contributed by atoms with Crippen LogP contribution in [0, 0.1) is 11.3 Å². The molecular weight excluding hydrogens is 236 g/mol. The van der Waals surface area contributed by atoms with Crippen molar-refractivity contribution in [3.05, 3.63) is 0 Å². The first-order valence-corrected chi connectivity index (χ1v) is 8.07. The van der Waals surface area contributed by atoms with E-state index in [-0.39, 0.29) is 6.10 Å². The number of rotatable bonds is 4. The Morgan fingerprint density at radius 3 is 2.47 bits per heavy atom. The number of aliphatic hydroxyl groups is 1. The van der Waals surface area contributed by atoms with Crippen molar-refractivity contribution in [2.45, 2.75) is 64.5 Å². The zero-order valence-corrected chi connectivity index (χ0v) is 13.0. The molecule has 0 aromatic rings. The molecule has 2 rings (SSSR count). The normalized spacial score (nSPS) is 34.4. The first kappa shape index (κ1) is 15.3. The number of hydrogen-bond acceptors (Lipinski definition) is 3. The van der Waals surface area contributed by atoms with E-state index in [9.17, 15) is 5.11 Å². The van der Waals surface area contributed by atoms with Gasteiger partial charge in [-0.05, 0) is 63.5 Å². The first-order valence-electron chi connectivity index (χ1n) is 8.07. The maximum Gasteiger partial charge on any atom is 0.0541 e. The Morgan fingerprint density at radius 2 is 1.84 bits per heavy atom. The van der Waals surface area contributed by atoms with Crippen molar-refractivity contribution in [3.63, 3.8) is 0 Å². The molecule has 1 saturated heterocycles. The molecule has 2 N–H and O–H groups in total. The number of nitrogens with zero attached hydrogens (tertiary/aromatic N) is 1. The maximum atomic E-state index is 9.55. The van der Waals surface area contributed by atoms with Crippen molar-refractivity contribution in [2.75, 3.05) is 26.7 Å². The molecule has 0 spiro atoms. The Kier molecular flexibility index (Phi) is 5.27. The Hall–Kier alpha value is -0.120. The lowest BCUT2D eigenvalue weighted by Crippen LogP contribution is -2.46. The van der Waals surface area contributed by atoms with Gasteiger partial charge in [0.15, 0.2) is 0 Å². The molecule has 1 aliphatic heterocycles. The van der Waals surface area contributed by atoms with Gasteiger partial charge < -0.3 is 15.3 Å². The third kappa shape index (κ3) is 4.44. The fraction of sp³-hybridized carbons (Fsp3) is 1.00. The molecule has 0 aromatic carbocycles. The van der Waals surface area contributed by atoms with Crippen LogP contribution in [0.4, 0.5) is 0 Å². The molecule has 19 heavy (non-hydrogen) atoms. The smallest absolute Gasteiger partial charge is 0.0541 e. The summed E-state index contributed by atoms with van der Waals surface area (Å²) < 4.78 is 0. The quantitative estimate of drug-likeness (QED) is 0.821. The van der Waals surface area contributed by atoms with E-state index in [1.165, 1.54) is 25.9 Å². The average molecular weight is 268 g/mol. The molecule has 3 heteroatoms. The monoisotopic (exact) mass is 268 g/mol. The minimum atomic E-state index is -0.0435. The summed E-state index contributed by atoms with van der Waals surface area (Å²) >= 11 is 0. The van der Waals surface area contributed by atoms with Gasteiger partial charge in [0.05, 0.1) is 6.10 Å². The summed E-state index contributed by atoms with van der Waals surface area (Å²) in [6, 6.07) is 0.629. The SMILES string of the molecule is CN1CCCC(C(C)(C)CNC2CCC(O)CC2)C1. The Bertz CT molecular complexity index is 272. The second-order valence-electron chi connectivity index (χ2n) is 7.48. The molecule has 112 valence electrons. The summed E-state index contributed by atoms with van der Waals surface area (Å²) in [6.07, 6.45) is 6.92. The van der Waals surface area contributed by atoms with E-state index in [2.05, 4.69) is 31.1 Å². The molecule has 1 aliphatic carbocycles.